The molecule has 2 heteroatoms. The first-order valence-corrected chi connectivity index (χ1v) is 7.54. The van der Waals surface area contributed by atoms with Crippen LogP contribution in [0.5, 0.6) is 0 Å². The van der Waals surface area contributed by atoms with Crippen molar-refractivity contribution in [3.8, 4) is 0 Å². The van der Waals surface area contributed by atoms with Crippen LogP contribution in [0, 0.1) is 27.7 Å². The molecule has 0 fully saturated rings. The summed E-state index contributed by atoms with van der Waals surface area (Å²) in [5.74, 6) is 0. The van der Waals surface area contributed by atoms with Crippen LogP contribution in [0.25, 0.3) is 0 Å². The molecule has 0 aromatic heterocycles. The van der Waals surface area contributed by atoms with Gasteiger partial charge in [-0.15, -0.1) is 0 Å². The third-order valence-electron chi connectivity index (χ3n) is 4.10. The number of anilines is 1. The Morgan fingerprint density at radius 3 is 2.10 bits per heavy atom. The molecule has 0 atom stereocenters. The molecule has 1 heterocycles. The molecular weight excluding hydrogens is 256 g/mol. The molecule has 0 saturated heterocycles. The third kappa shape index (κ3) is 2.71. The Bertz CT molecular complexity index is 673. The molecule has 21 heavy (non-hydrogen) atoms. The minimum atomic E-state index is 0.963. The molecule has 2 aromatic rings. The van der Waals surface area contributed by atoms with Gasteiger partial charge in [0, 0.05) is 18.5 Å². The zero-order chi connectivity index (χ0) is 15.0. The average molecular weight is 278 g/mol. The summed E-state index contributed by atoms with van der Waals surface area (Å²) in [5.41, 5.74) is 8.99. The average Bonchev–Trinajstić information content (AvgIpc) is 2.87. The van der Waals surface area contributed by atoms with Gasteiger partial charge in [0.2, 0.25) is 0 Å². The van der Waals surface area contributed by atoms with Gasteiger partial charge in [-0.05, 0) is 51.0 Å². The number of nitrogens with zero attached hydrogens (tertiary/aromatic N) is 2. The molecule has 108 valence electrons. The Morgan fingerprint density at radius 1 is 0.857 bits per heavy atom. The summed E-state index contributed by atoms with van der Waals surface area (Å²) in [4.78, 5) is 0. The van der Waals surface area contributed by atoms with Crippen LogP contribution < -0.4 is 5.01 Å². The summed E-state index contributed by atoms with van der Waals surface area (Å²) >= 11 is 0. The van der Waals surface area contributed by atoms with E-state index in [1.165, 1.54) is 39.2 Å². The standard InChI is InChI=1S/C19H22N2/c1-13-5-7-17(8-6-13)21-10-9-18(20-21)19-15(3)11-14(2)12-16(19)4/h5-8,11-12H,9-10H2,1-4H3. The highest BCUT2D eigenvalue weighted by molar-refractivity contribution is 6.05. The summed E-state index contributed by atoms with van der Waals surface area (Å²) < 4.78 is 0. The Kier molecular flexibility index (Phi) is 3.54. The fourth-order valence-corrected chi connectivity index (χ4v) is 3.17. The lowest BCUT2D eigenvalue weighted by atomic mass is 9.95. The van der Waals surface area contributed by atoms with Crippen molar-refractivity contribution >= 4 is 11.4 Å². The van der Waals surface area contributed by atoms with Crippen molar-refractivity contribution in [2.24, 2.45) is 5.10 Å². The Morgan fingerprint density at radius 2 is 1.48 bits per heavy atom. The van der Waals surface area contributed by atoms with Crippen LogP contribution in [0.2, 0.25) is 0 Å². The second-order valence-electron chi connectivity index (χ2n) is 6.03. The number of benzene rings is 2. The smallest absolute Gasteiger partial charge is 0.0705 e. The van der Waals surface area contributed by atoms with Gasteiger partial charge in [-0.25, -0.2) is 0 Å². The van der Waals surface area contributed by atoms with E-state index in [1.807, 2.05) is 0 Å². The Labute approximate surface area is 127 Å². The van der Waals surface area contributed by atoms with Gasteiger partial charge in [0.1, 0.15) is 0 Å². The van der Waals surface area contributed by atoms with E-state index >= 15 is 0 Å². The number of aryl methyl sites for hydroxylation is 4. The molecule has 0 saturated carbocycles. The highest BCUT2D eigenvalue weighted by Crippen LogP contribution is 2.25. The summed E-state index contributed by atoms with van der Waals surface area (Å²) in [7, 11) is 0. The predicted octanol–water partition coefficient (Wildman–Crippen LogP) is 4.53. The van der Waals surface area contributed by atoms with Gasteiger partial charge < -0.3 is 0 Å². The zero-order valence-corrected chi connectivity index (χ0v) is 13.3. The molecule has 0 radical (unpaired) electrons. The lowest BCUT2D eigenvalue weighted by Gasteiger charge is -2.13. The summed E-state index contributed by atoms with van der Waals surface area (Å²) in [6.45, 7) is 9.60. The normalized spacial score (nSPS) is 14.5. The second-order valence-corrected chi connectivity index (χ2v) is 6.03. The summed E-state index contributed by atoms with van der Waals surface area (Å²) in [6.07, 6.45) is 1.01. The monoisotopic (exact) mass is 278 g/mol. The molecule has 1 aliphatic rings. The van der Waals surface area contributed by atoms with Gasteiger partial charge in [0.15, 0.2) is 0 Å². The van der Waals surface area contributed by atoms with Gasteiger partial charge >= 0.3 is 0 Å². The van der Waals surface area contributed by atoms with E-state index < -0.39 is 0 Å². The molecule has 0 bridgehead atoms. The van der Waals surface area contributed by atoms with Crippen molar-refractivity contribution < 1.29 is 0 Å². The predicted molar refractivity (Wildman–Crippen MR) is 90.3 cm³/mol. The van der Waals surface area contributed by atoms with E-state index in [1.54, 1.807) is 0 Å². The van der Waals surface area contributed by atoms with Crippen molar-refractivity contribution in [2.45, 2.75) is 34.1 Å². The van der Waals surface area contributed by atoms with Gasteiger partial charge in [-0.2, -0.15) is 5.10 Å². The van der Waals surface area contributed by atoms with Gasteiger partial charge in [-0.1, -0.05) is 35.4 Å². The second kappa shape index (κ2) is 5.36. The molecule has 2 nitrogen and oxygen atoms in total. The number of rotatable bonds is 2. The Hall–Kier alpha value is -2.09. The van der Waals surface area contributed by atoms with Gasteiger partial charge in [0.25, 0.3) is 0 Å². The minimum absolute atomic E-state index is 0.963. The molecular formula is C19H22N2. The largest absolute Gasteiger partial charge is 0.265 e. The fraction of sp³-hybridized carbons (Fsp3) is 0.316. The summed E-state index contributed by atoms with van der Waals surface area (Å²) in [5, 5.41) is 6.98. The molecule has 0 N–H and O–H groups in total. The maximum Gasteiger partial charge on any atom is 0.0705 e. The molecule has 3 rings (SSSR count). The first-order chi connectivity index (χ1) is 10.0. The molecule has 0 spiro atoms. The van der Waals surface area contributed by atoms with Crippen molar-refractivity contribution in [3.63, 3.8) is 0 Å². The first kappa shape index (κ1) is 13.9. The van der Waals surface area contributed by atoms with Crippen LogP contribution in [0.15, 0.2) is 41.5 Å². The van der Waals surface area contributed by atoms with Crippen LogP contribution in [-0.2, 0) is 0 Å². The number of hydrazone groups is 1. The van der Waals surface area contributed by atoms with E-state index in [0.717, 1.165) is 13.0 Å². The minimum Gasteiger partial charge on any atom is -0.265 e. The van der Waals surface area contributed by atoms with Crippen LogP contribution >= 0.6 is 0 Å². The fourth-order valence-electron chi connectivity index (χ4n) is 3.17. The third-order valence-corrected chi connectivity index (χ3v) is 4.10. The molecule has 0 amide bonds. The lowest BCUT2D eigenvalue weighted by molar-refractivity contribution is 0.921. The number of hydrogen-bond donors (Lipinski definition) is 0. The van der Waals surface area contributed by atoms with E-state index in [-0.39, 0.29) is 0 Å². The molecule has 2 aromatic carbocycles. The molecule has 0 aliphatic carbocycles. The van der Waals surface area contributed by atoms with E-state index in [9.17, 15) is 0 Å². The van der Waals surface area contributed by atoms with E-state index in [0.29, 0.717) is 0 Å². The topological polar surface area (TPSA) is 15.6 Å². The van der Waals surface area contributed by atoms with Gasteiger partial charge in [0.05, 0.1) is 11.4 Å². The summed E-state index contributed by atoms with van der Waals surface area (Å²) in [6, 6.07) is 13.1. The Balaban J connectivity index is 1.95. The molecule has 1 aliphatic heterocycles. The van der Waals surface area contributed by atoms with Gasteiger partial charge in [-0.3, -0.25) is 5.01 Å². The zero-order valence-electron chi connectivity index (χ0n) is 13.3. The first-order valence-electron chi connectivity index (χ1n) is 7.54. The van der Waals surface area contributed by atoms with Crippen LogP contribution in [0.3, 0.4) is 0 Å². The molecule has 0 unspecified atom stereocenters. The quantitative estimate of drug-likeness (QED) is 0.787. The highest BCUT2D eigenvalue weighted by atomic mass is 15.5. The van der Waals surface area contributed by atoms with E-state index in [4.69, 9.17) is 5.10 Å². The van der Waals surface area contributed by atoms with Crippen molar-refractivity contribution in [1.29, 1.82) is 0 Å². The maximum atomic E-state index is 4.86. The van der Waals surface area contributed by atoms with Crippen molar-refractivity contribution in [1.82, 2.24) is 0 Å². The number of hydrogen-bond acceptors (Lipinski definition) is 2. The maximum absolute atomic E-state index is 4.86. The SMILES string of the molecule is Cc1ccc(N2CCC(c3c(C)cc(C)cc3C)=N2)cc1. The lowest BCUT2D eigenvalue weighted by Crippen LogP contribution is -2.11. The van der Waals surface area contributed by atoms with E-state index in [2.05, 4.69) is 69.1 Å². The van der Waals surface area contributed by atoms with Crippen molar-refractivity contribution in [3.05, 3.63) is 64.2 Å². The van der Waals surface area contributed by atoms with Crippen LogP contribution in [-0.4, -0.2) is 12.3 Å². The highest BCUT2D eigenvalue weighted by Gasteiger charge is 2.20. The van der Waals surface area contributed by atoms with Crippen molar-refractivity contribution in [2.75, 3.05) is 11.6 Å². The van der Waals surface area contributed by atoms with Crippen LogP contribution in [0.1, 0.15) is 34.2 Å². The van der Waals surface area contributed by atoms with Crippen LogP contribution in [0.4, 0.5) is 5.69 Å².